The second-order valence-electron chi connectivity index (χ2n) is 8.09. The lowest BCUT2D eigenvalue weighted by Gasteiger charge is -2.34. The number of hydroxylamine groups is 1. The highest BCUT2D eigenvalue weighted by Gasteiger charge is 2.52. The topological polar surface area (TPSA) is 165 Å². The zero-order valence-corrected chi connectivity index (χ0v) is 20.0. The molecule has 1 aromatic carbocycles. The van der Waals surface area contributed by atoms with Crippen LogP contribution in [0.25, 0.3) is 5.70 Å². The van der Waals surface area contributed by atoms with Crippen LogP contribution >= 0.6 is 0 Å². The van der Waals surface area contributed by atoms with Gasteiger partial charge in [-0.2, -0.15) is 0 Å². The summed E-state index contributed by atoms with van der Waals surface area (Å²) in [6.07, 6.45) is 3.74. The lowest BCUT2D eigenvalue weighted by atomic mass is 9.98. The van der Waals surface area contributed by atoms with Gasteiger partial charge in [-0.15, -0.1) is 0 Å². The molecule has 1 aromatic heterocycles. The van der Waals surface area contributed by atoms with Crippen LogP contribution in [0.1, 0.15) is 18.4 Å². The van der Waals surface area contributed by atoms with E-state index in [9.17, 15) is 18.0 Å². The number of pyridine rings is 1. The Morgan fingerprint density at radius 1 is 1.14 bits per heavy atom. The zero-order valence-electron chi connectivity index (χ0n) is 19.2. The summed E-state index contributed by atoms with van der Waals surface area (Å²) in [5.74, 6) is -0.970. The number of benzene rings is 1. The van der Waals surface area contributed by atoms with Gasteiger partial charge in [-0.1, -0.05) is 0 Å². The van der Waals surface area contributed by atoms with Crippen molar-refractivity contribution in [2.75, 3.05) is 26.4 Å². The van der Waals surface area contributed by atoms with Gasteiger partial charge in [0.1, 0.15) is 18.6 Å². The molecule has 3 heterocycles. The van der Waals surface area contributed by atoms with E-state index in [4.69, 9.17) is 19.4 Å². The fourth-order valence-corrected chi connectivity index (χ4v) is 5.89. The molecule has 0 radical (unpaired) electrons. The van der Waals surface area contributed by atoms with E-state index < -0.39 is 26.7 Å². The second-order valence-corrected chi connectivity index (χ2v) is 10.3. The minimum atomic E-state index is -4.12. The molecule has 1 atom stereocenters. The van der Waals surface area contributed by atoms with Crippen LogP contribution < -0.4 is 20.9 Å². The quantitative estimate of drug-likeness (QED) is 0.207. The molecular formula is C23H26N4O8S. The van der Waals surface area contributed by atoms with Gasteiger partial charge in [0.05, 0.1) is 17.1 Å². The molecule has 0 saturated carbocycles. The lowest BCUT2D eigenvalue weighted by Crippen LogP contribution is -2.54. The van der Waals surface area contributed by atoms with Crippen LogP contribution in [-0.4, -0.2) is 67.8 Å². The van der Waals surface area contributed by atoms with Gasteiger partial charge in [0, 0.05) is 31.2 Å². The maximum Gasteiger partial charge on any atom is 0.282 e. The van der Waals surface area contributed by atoms with E-state index in [1.807, 2.05) is 0 Å². The monoisotopic (exact) mass is 518 g/mol. The van der Waals surface area contributed by atoms with Gasteiger partial charge in [-0.3, -0.25) is 19.8 Å². The fraction of sp³-hybridized carbons (Fsp3) is 0.348. The molecule has 1 saturated heterocycles. The number of carbonyl (C=O) groups excluding carboxylic acids is 2. The van der Waals surface area contributed by atoms with Crippen molar-refractivity contribution in [2.45, 2.75) is 28.7 Å². The van der Waals surface area contributed by atoms with Gasteiger partial charge < -0.3 is 24.8 Å². The molecule has 2 aromatic rings. The smallest absolute Gasteiger partial charge is 0.282 e. The summed E-state index contributed by atoms with van der Waals surface area (Å²) in [4.78, 5) is 28.5. The predicted molar refractivity (Wildman–Crippen MR) is 125 cm³/mol. The summed E-state index contributed by atoms with van der Waals surface area (Å²) < 4.78 is 40.9. The third-order valence-corrected chi connectivity index (χ3v) is 8.49. The lowest BCUT2D eigenvalue weighted by molar-refractivity contribution is -0.134. The molecule has 192 valence electrons. The van der Waals surface area contributed by atoms with E-state index in [1.54, 1.807) is 24.5 Å². The summed E-state index contributed by atoms with van der Waals surface area (Å²) >= 11 is 0. The van der Waals surface area contributed by atoms with Crippen molar-refractivity contribution in [2.24, 2.45) is 0 Å². The Hall–Kier alpha value is -3.68. The van der Waals surface area contributed by atoms with Crippen molar-refractivity contribution in [3.8, 4) is 5.75 Å². The van der Waals surface area contributed by atoms with Crippen LogP contribution in [-0.2, 0) is 28.9 Å². The molecule has 2 aliphatic heterocycles. The first-order valence-electron chi connectivity index (χ1n) is 11.2. The predicted octanol–water partition coefficient (Wildman–Crippen LogP) is 0.349. The van der Waals surface area contributed by atoms with Crippen molar-refractivity contribution in [3.63, 3.8) is 0 Å². The average molecular weight is 519 g/mol. The van der Waals surface area contributed by atoms with E-state index in [2.05, 4.69) is 15.6 Å². The van der Waals surface area contributed by atoms with Gasteiger partial charge in [-0.05, 0) is 49.2 Å². The number of rotatable bonds is 9. The number of ether oxygens (including phenoxy) is 3. The standard InChI is InChI=1S/C23H26N4O8S/c28-20(21-26-19(15-35-21)16-5-9-24-10-6-16)25-11-14-34-17-1-3-18(4-2-17)36(31,32)23(22(29)27-30)7-12-33-13-8-23/h1-6,9-10,15,21,26,30H,7-8,11-14H2,(H,25,28)(H,27,29). The zero-order chi connectivity index (χ0) is 25.6. The maximum atomic E-state index is 13.3. The van der Waals surface area contributed by atoms with Crippen molar-refractivity contribution in [3.05, 3.63) is 60.6 Å². The summed E-state index contributed by atoms with van der Waals surface area (Å²) in [6, 6.07) is 9.19. The van der Waals surface area contributed by atoms with Crippen molar-refractivity contribution in [1.29, 1.82) is 0 Å². The molecule has 4 rings (SSSR count). The van der Waals surface area contributed by atoms with Crippen molar-refractivity contribution >= 4 is 27.3 Å². The van der Waals surface area contributed by atoms with Crippen LogP contribution in [0.5, 0.6) is 5.75 Å². The number of sulfone groups is 1. The van der Waals surface area contributed by atoms with Crippen LogP contribution in [0.4, 0.5) is 0 Å². The number of carbonyl (C=O) groups is 2. The molecule has 13 heteroatoms. The first kappa shape index (κ1) is 25.4. The molecule has 2 amide bonds. The van der Waals surface area contributed by atoms with Crippen molar-refractivity contribution < 1.29 is 37.4 Å². The molecular weight excluding hydrogens is 492 g/mol. The third-order valence-electron chi connectivity index (χ3n) is 5.97. The Balaban J connectivity index is 1.27. The summed E-state index contributed by atoms with van der Waals surface area (Å²) in [5.41, 5.74) is 3.00. The Morgan fingerprint density at radius 3 is 2.50 bits per heavy atom. The Kier molecular flexibility index (Phi) is 7.72. The molecule has 36 heavy (non-hydrogen) atoms. The summed E-state index contributed by atoms with van der Waals surface area (Å²) in [5, 5.41) is 14.8. The minimum Gasteiger partial charge on any atom is -0.492 e. The number of hydrogen-bond acceptors (Lipinski definition) is 10. The Morgan fingerprint density at radius 2 is 1.83 bits per heavy atom. The molecule has 0 aliphatic carbocycles. The van der Waals surface area contributed by atoms with Crippen LogP contribution in [0.3, 0.4) is 0 Å². The largest absolute Gasteiger partial charge is 0.492 e. The Bertz CT molecular complexity index is 1210. The SMILES string of the molecule is O=C(NCCOc1ccc(S(=O)(=O)C2(C(=O)NO)CCOCC2)cc1)C1NC(c2ccncc2)=CO1. The van der Waals surface area contributed by atoms with E-state index in [0.717, 1.165) is 5.56 Å². The van der Waals surface area contributed by atoms with Gasteiger partial charge in [0.2, 0.25) is 6.23 Å². The van der Waals surface area contributed by atoms with E-state index in [-0.39, 0.29) is 50.0 Å². The highest BCUT2D eigenvalue weighted by Crippen LogP contribution is 2.35. The summed E-state index contributed by atoms with van der Waals surface area (Å²) in [7, 11) is -4.12. The molecule has 4 N–H and O–H groups in total. The molecule has 1 fully saturated rings. The maximum absolute atomic E-state index is 13.3. The third kappa shape index (κ3) is 5.12. The second kappa shape index (κ2) is 10.9. The first-order chi connectivity index (χ1) is 17.4. The van der Waals surface area contributed by atoms with E-state index in [0.29, 0.717) is 11.4 Å². The van der Waals surface area contributed by atoms with Gasteiger partial charge >= 0.3 is 0 Å². The first-order valence-corrected chi connectivity index (χ1v) is 12.7. The highest BCUT2D eigenvalue weighted by atomic mass is 32.2. The minimum absolute atomic E-state index is 0.0706. The number of amides is 2. The molecule has 1 unspecified atom stereocenters. The van der Waals surface area contributed by atoms with Crippen LogP contribution in [0.2, 0.25) is 0 Å². The normalized spacial score (nSPS) is 18.8. The van der Waals surface area contributed by atoms with Gasteiger partial charge in [-0.25, -0.2) is 13.9 Å². The van der Waals surface area contributed by atoms with Crippen LogP contribution in [0.15, 0.2) is 59.9 Å². The van der Waals surface area contributed by atoms with E-state index >= 15 is 0 Å². The number of hydrogen-bond donors (Lipinski definition) is 4. The van der Waals surface area contributed by atoms with Gasteiger partial charge in [0.25, 0.3) is 11.8 Å². The van der Waals surface area contributed by atoms with Gasteiger partial charge in [0.15, 0.2) is 14.6 Å². The highest BCUT2D eigenvalue weighted by molar-refractivity contribution is 7.93. The summed E-state index contributed by atoms with van der Waals surface area (Å²) in [6.45, 7) is 0.484. The molecule has 0 bridgehead atoms. The fourth-order valence-electron chi connectivity index (χ4n) is 3.95. The number of aromatic nitrogens is 1. The van der Waals surface area contributed by atoms with Crippen molar-refractivity contribution in [1.82, 2.24) is 21.1 Å². The Labute approximate surface area is 207 Å². The number of nitrogens with zero attached hydrogens (tertiary/aromatic N) is 1. The van der Waals surface area contributed by atoms with Crippen LogP contribution in [0, 0.1) is 0 Å². The van der Waals surface area contributed by atoms with E-state index in [1.165, 1.54) is 36.0 Å². The number of nitrogens with one attached hydrogen (secondary N) is 3. The molecule has 0 spiro atoms. The molecule has 12 nitrogen and oxygen atoms in total. The average Bonchev–Trinajstić information content (AvgIpc) is 3.42. The molecule has 2 aliphatic rings.